The molecule has 5 rings (SSSR count). The number of rotatable bonds is 5. The number of primary amides is 1. The van der Waals surface area contributed by atoms with Gasteiger partial charge in [-0.15, -0.1) is 0 Å². The first-order valence-electron chi connectivity index (χ1n) is 9.61. The maximum atomic E-state index is 11.9. The van der Waals surface area contributed by atoms with E-state index in [0.717, 1.165) is 42.3 Å². The smallest absolute Gasteiger partial charge is 0.269 e. The Balaban J connectivity index is 1.63. The van der Waals surface area contributed by atoms with Crippen LogP contribution in [0.4, 0.5) is 0 Å². The minimum Gasteiger partial charge on any atom is -0.457 e. The summed E-state index contributed by atoms with van der Waals surface area (Å²) in [5.74, 6) is 1.50. The van der Waals surface area contributed by atoms with Crippen LogP contribution in [-0.4, -0.2) is 28.8 Å². The van der Waals surface area contributed by atoms with Crippen LogP contribution in [0.15, 0.2) is 60.7 Å². The van der Waals surface area contributed by atoms with Gasteiger partial charge >= 0.3 is 0 Å². The minimum absolute atomic E-state index is 0.0944. The predicted octanol–water partition coefficient (Wildman–Crippen LogP) is 3.15. The topological polar surface area (TPSA) is 82.2 Å². The lowest BCUT2D eigenvalue weighted by molar-refractivity contribution is 0.0822. The molecule has 28 heavy (non-hydrogen) atoms. The number of aromatic nitrogens is 2. The number of ether oxygens (including phenoxy) is 1. The molecule has 6 heteroatoms. The molecule has 1 aliphatic carbocycles. The van der Waals surface area contributed by atoms with E-state index < -0.39 is 5.91 Å². The molecule has 142 valence electrons. The Hall–Kier alpha value is -3.12. The number of benzene rings is 2. The van der Waals surface area contributed by atoms with Crippen LogP contribution >= 0.6 is 0 Å². The van der Waals surface area contributed by atoms with Gasteiger partial charge in [0.25, 0.3) is 5.91 Å². The highest BCUT2D eigenvalue weighted by molar-refractivity contribution is 5.92. The largest absolute Gasteiger partial charge is 0.457 e. The monoisotopic (exact) mass is 374 g/mol. The van der Waals surface area contributed by atoms with E-state index in [1.165, 1.54) is 6.42 Å². The molecule has 2 atom stereocenters. The summed E-state index contributed by atoms with van der Waals surface area (Å²) in [4.78, 5) is 11.9. The van der Waals surface area contributed by atoms with Gasteiger partial charge in [0.2, 0.25) is 0 Å². The van der Waals surface area contributed by atoms with E-state index in [9.17, 15) is 4.79 Å². The summed E-state index contributed by atoms with van der Waals surface area (Å²) in [6.07, 6.45) is 2.21. The van der Waals surface area contributed by atoms with Crippen molar-refractivity contribution in [2.75, 3.05) is 13.1 Å². The number of para-hydroxylation sites is 2. The SMILES string of the molecule is NC(=O)c1cc(-c2ccccc2Oc2ccccc2)n([C@]23CCC2CNC3)n1. The van der Waals surface area contributed by atoms with Gasteiger partial charge in [-0.3, -0.25) is 9.48 Å². The second kappa shape index (κ2) is 6.49. The number of amides is 1. The molecule has 1 aromatic heterocycles. The first-order chi connectivity index (χ1) is 13.7. The van der Waals surface area contributed by atoms with Gasteiger partial charge < -0.3 is 15.8 Å². The molecule has 2 heterocycles. The van der Waals surface area contributed by atoms with E-state index in [1.54, 1.807) is 6.07 Å². The Bertz CT molecular complexity index is 1030. The van der Waals surface area contributed by atoms with Gasteiger partial charge in [0, 0.05) is 18.7 Å². The van der Waals surface area contributed by atoms with Crippen LogP contribution < -0.4 is 15.8 Å². The van der Waals surface area contributed by atoms with Crippen molar-refractivity contribution in [3.05, 3.63) is 66.4 Å². The number of hydrogen-bond acceptors (Lipinski definition) is 4. The van der Waals surface area contributed by atoms with Gasteiger partial charge in [-0.05, 0) is 49.1 Å². The lowest BCUT2D eigenvalue weighted by Crippen LogP contribution is -2.50. The third-order valence-corrected chi connectivity index (χ3v) is 6.03. The second-order valence-corrected chi connectivity index (χ2v) is 7.57. The fourth-order valence-corrected chi connectivity index (χ4v) is 4.44. The highest BCUT2D eigenvalue weighted by Crippen LogP contribution is 2.49. The Morgan fingerprint density at radius 3 is 2.68 bits per heavy atom. The summed E-state index contributed by atoms with van der Waals surface area (Å²) in [5, 5.41) is 8.12. The zero-order valence-corrected chi connectivity index (χ0v) is 15.5. The Kier molecular flexibility index (Phi) is 3.94. The molecular weight excluding hydrogens is 352 g/mol. The summed E-state index contributed by atoms with van der Waals surface area (Å²) in [6, 6.07) is 19.3. The van der Waals surface area contributed by atoms with Gasteiger partial charge in [-0.2, -0.15) is 5.10 Å². The van der Waals surface area contributed by atoms with Crippen LogP contribution in [0.5, 0.6) is 11.5 Å². The number of carbonyl (C=O) groups is 1. The van der Waals surface area contributed by atoms with Crippen LogP contribution in [0.3, 0.4) is 0 Å². The van der Waals surface area contributed by atoms with E-state index in [1.807, 2.05) is 59.3 Å². The number of hydrogen-bond donors (Lipinski definition) is 2. The van der Waals surface area contributed by atoms with E-state index in [2.05, 4.69) is 10.4 Å². The summed E-state index contributed by atoms with van der Waals surface area (Å²) < 4.78 is 8.18. The quantitative estimate of drug-likeness (QED) is 0.719. The normalized spacial score (nSPS) is 23.1. The average molecular weight is 374 g/mol. The molecule has 2 aromatic carbocycles. The van der Waals surface area contributed by atoms with Gasteiger partial charge in [-0.25, -0.2) is 0 Å². The molecule has 0 bridgehead atoms. The Labute approximate surface area is 163 Å². The zero-order valence-electron chi connectivity index (χ0n) is 15.5. The van der Waals surface area contributed by atoms with E-state index in [0.29, 0.717) is 5.92 Å². The van der Waals surface area contributed by atoms with E-state index in [-0.39, 0.29) is 11.2 Å². The number of fused-ring (bicyclic) bond motifs is 1. The molecule has 3 N–H and O–H groups in total. The molecule has 1 aliphatic heterocycles. The molecule has 0 spiro atoms. The Morgan fingerprint density at radius 1 is 1.18 bits per heavy atom. The zero-order chi connectivity index (χ0) is 19.1. The standard InChI is InChI=1S/C22H22N4O2/c23-21(27)18-12-19(26(25-18)22-11-10-15(22)13-24-14-22)17-8-4-5-9-20(17)28-16-6-2-1-3-7-16/h1-9,12,15,24H,10-11,13-14H2,(H2,23,27)/t15?,22-/m0/s1. The Morgan fingerprint density at radius 2 is 1.96 bits per heavy atom. The molecule has 2 fully saturated rings. The highest BCUT2D eigenvalue weighted by Gasteiger charge is 2.53. The summed E-state index contributed by atoms with van der Waals surface area (Å²) >= 11 is 0. The van der Waals surface area contributed by atoms with Crippen molar-refractivity contribution < 1.29 is 9.53 Å². The first-order valence-corrected chi connectivity index (χ1v) is 9.61. The van der Waals surface area contributed by atoms with Crippen molar-refractivity contribution in [2.24, 2.45) is 11.7 Å². The van der Waals surface area contributed by atoms with Crippen LogP contribution in [-0.2, 0) is 5.54 Å². The molecule has 6 nitrogen and oxygen atoms in total. The van der Waals surface area contributed by atoms with Gasteiger partial charge in [0.05, 0.1) is 11.2 Å². The third-order valence-electron chi connectivity index (χ3n) is 6.03. The van der Waals surface area contributed by atoms with Crippen molar-refractivity contribution in [1.29, 1.82) is 0 Å². The third kappa shape index (κ3) is 2.60. The summed E-state index contributed by atoms with van der Waals surface area (Å²) in [7, 11) is 0. The van der Waals surface area contributed by atoms with Crippen molar-refractivity contribution >= 4 is 5.91 Å². The molecule has 3 aromatic rings. The fourth-order valence-electron chi connectivity index (χ4n) is 4.44. The number of nitrogens with two attached hydrogens (primary N) is 1. The second-order valence-electron chi connectivity index (χ2n) is 7.57. The maximum absolute atomic E-state index is 11.9. The molecular formula is C22H22N4O2. The lowest BCUT2D eigenvalue weighted by atomic mass is 9.69. The van der Waals surface area contributed by atoms with Crippen molar-refractivity contribution in [3.8, 4) is 22.8 Å². The number of carbonyl (C=O) groups excluding carboxylic acids is 1. The molecule has 0 radical (unpaired) electrons. The highest BCUT2D eigenvalue weighted by atomic mass is 16.5. The summed E-state index contributed by atoms with van der Waals surface area (Å²) in [6.45, 7) is 1.83. The molecule has 1 amide bonds. The van der Waals surface area contributed by atoms with E-state index >= 15 is 0 Å². The first kappa shape index (κ1) is 17.0. The van der Waals surface area contributed by atoms with Crippen LogP contribution in [0.1, 0.15) is 23.3 Å². The van der Waals surface area contributed by atoms with Gasteiger partial charge in [0.15, 0.2) is 5.69 Å². The van der Waals surface area contributed by atoms with Crippen LogP contribution in [0.2, 0.25) is 0 Å². The van der Waals surface area contributed by atoms with Gasteiger partial charge in [0.1, 0.15) is 11.5 Å². The predicted molar refractivity (Wildman–Crippen MR) is 106 cm³/mol. The number of nitrogens with zero attached hydrogens (tertiary/aromatic N) is 2. The molecule has 1 unspecified atom stereocenters. The van der Waals surface area contributed by atoms with Crippen molar-refractivity contribution in [2.45, 2.75) is 18.4 Å². The number of nitrogens with one attached hydrogen (secondary N) is 1. The molecule has 2 aliphatic rings. The van der Waals surface area contributed by atoms with E-state index in [4.69, 9.17) is 10.5 Å². The van der Waals surface area contributed by atoms with Crippen molar-refractivity contribution in [3.63, 3.8) is 0 Å². The molecule has 1 saturated heterocycles. The van der Waals surface area contributed by atoms with Crippen LogP contribution in [0.25, 0.3) is 11.3 Å². The lowest BCUT2D eigenvalue weighted by Gasteiger charge is -2.45. The maximum Gasteiger partial charge on any atom is 0.269 e. The van der Waals surface area contributed by atoms with Crippen LogP contribution in [0, 0.1) is 5.92 Å². The fraction of sp³-hybridized carbons (Fsp3) is 0.273. The van der Waals surface area contributed by atoms with Gasteiger partial charge in [-0.1, -0.05) is 30.3 Å². The minimum atomic E-state index is -0.514. The van der Waals surface area contributed by atoms with Crippen molar-refractivity contribution in [1.82, 2.24) is 15.1 Å². The summed E-state index contributed by atoms with van der Waals surface area (Å²) in [5.41, 5.74) is 7.53. The molecule has 1 saturated carbocycles. The average Bonchev–Trinajstić information content (AvgIpc) is 3.25.